The molecule has 0 radical (unpaired) electrons. The summed E-state index contributed by atoms with van der Waals surface area (Å²) in [4.78, 5) is 0. The summed E-state index contributed by atoms with van der Waals surface area (Å²) < 4.78 is 0. The zero-order chi connectivity index (χ0) is 10.2. The zero-order valence-corrected chi connectivity index (χ0v) is 9.47. The molecule has 0 aliphatic carbocycles. The molecule has 1 saturated heterocycles. The fraction of sp³-hybridized carbons (Fsp3) is 1.00. The van der Waals surface area contributed by atoms with E-state index in [1.165, 1.54) is 44.9 Å². The third-order valence-corrected chi connectivity index (χ3v) is 3.23. The number of hydrogen-bond acceptors (Lipinski definition) is 2. The molecule has 1 aliphatic rings. The minimum absolute atomic E-state index is 0.0781. The zero-order valence-electron chi connectivity index (χ0n) is 9.47. The molecular formula is C12H25NO. The number of hydrogen-bond donors (Lipinski definition) is 2. The first-order valence-corrected chi connectivity index (χ1v) is 6.23. The van der Waals surface area contributed by atoms with E-state index in [2.05, 4.69) is 12.2 Å². The third kappa shape index (κ3) is 4.43. The molecule has 0 saturated carbocycles. The molecule has 1 heterocycles. The van der Waals surface area contributed by atoms with Gasteiger partial charge in [-0.2, -0.15) is 0 Å². The summed E-state index contributed by atoms with van der Waals surface area (Å²) in [7, 11) is 0. The van der Waals surface area contributed by atoms with Crippen LogP contribution in [0.3, 0.4) is 0 Å². The SMILES string of the molecule is CCCCCCCCC1CNCC1O. The number of aliphatic hydroxyl groups excluding tert-OH is 1. The molecule has 0 aromatic heterocycles. The highest BCUT2D eigenvalue weighted by molar-refractivity contribution is 4.79. The fourth-order valence-electron chi connectivity index (χ4n) is 2.20. The first-order valence-electron chi connectivity index (χ1n) is 6.23. The molecule has 14 heavy (non-hydrogen) atoms. The first-order chi connectivity index (χ1) is 6.84. The molecule has 84 valence electrons. The summed E-state index contributed by atoms with van der Waals surface area (Å²) in [5.41, 5.74) is 0. The van der Waals surface area contributed by atoms with E-state index in [1.807, 2.05) is 0 Å². The molecule has 1 aliphatic heterocycles. The van der Waals surface area contributed by atoms with Crippen molar-refractivity contribution in [3.05, 3.63) is 0 Å². The van der Waals surface area contributed by atoms with Crippen LogP contribution in [0.2, 0.25) is 0 Å². The second kappa shape index (κ2) is 7.24. The van der Waals surface area contributed by atoms with Crippen molar-refractivity contribution in [3.63, 3.8) is 0 Å². The van der Waals surface area contributed by atoms with E-state index in [1.54, 1.807) is 0 Å². The highest BCUT2D eigenvalue weighted by Crippen LogP contribution is 2.17. The van der Waals surface area contributed by atoms with Gasteiger partial charge in [0.2, 0.25) is 0 Å². The van der Waals surface area contributed by atoms with Gasteiger partial charge in [-0.05, 0) is 12.3 Å². The quantitative estimate of drug-likeness (QED) is 0.617. The maximum Gasteiger partial charge on any atom is 0.0704 e. The summed E-state index contributed by atoms with van der Waals surface area (Å²) in [6.45, 7) is 4.08. The van der Waals surface area contributed by atoms with Crippen molar-refractivity contribution in [1.82, 2.24) is 5.32 Å². The Kier molecular flexibility index (Phi) is 6.20. The van der Waals surface area contributed by atoms with E-state index in [9.17, 15) is 5.11 Å². The molecule has 2 atom stereocenters. The molecule has 2 N–H and O–H groups in total. The van der Waals surface area contributed by atoms with Crippen molar-refractivity contribution >= 4 is 0 Å². The molecule has 2 unspecified atom stereocenters. The van der Waals surface area contributed by atoms with E-state index in [4.69, 9.17) is 0 Å². The maximum absolute atomic E-state index is 9.57. The van der Waals surface area contributed by atoms with Gasteiger partial charge in [-0.25, -0.2) is 0 Å². The molecule has 2 heteroatoms. The van der Waals surface area contributed by atoms with Crippen molar-refractivity contribution in [2.75, 3.05) is 13.1 Å². The van der Waals surface area contributed by atoms with Crippen LogP contribution in [0.4, 0.5) is 0 Å². The Hall–Kier alpha value is -0.0800. The number of aliphatic hydroxyl groups is 1. The van der Waals surface area contributed by atoms with E-state index in [0.717, 1.165) is 13.1 Å². The molecule has 0 spiro atoms. The number of nitrogens with one attached hydrogen (secondary N) is 1. The maximum atomic E-state index is 9.57. The van der Waals surface area contributed by atoms with Crippen LogP contribution in [-0.4, -0.2) is 24.3 Å². The number of rotatable bonds is 7. The number of unbranched alkanes of at least 4 members (excludes halogenated alkanes) is 5. The molecule has 0 bridgehead atoms. The minimum Gasteiger partial charge on any atom is -0.391 e. The van der Waals surface area contributed by atoms with Gasteiger partial charge in [-0.15, -0.1) is 0 Å². The Bertz CT molecular complexity index is 138. The Balaban J connectivity index is 1.88. The molecule has 1 rings (SSSR count). The van der Waals surface area contributed by atoms with Crippen molar-refractivity contribution in [2.45, 2.75) is 58.0 Å². The van der Waals surface area contributed by atoms with Crippen LogP contribution in [0.5, 0.6) is 0 Å². The lowest BCUT2D eigenvalue weighted by atomic mass is 9.98. The van der Waals surface area contributed by atoms with Gasteiger partial charge >= 0.3 is 0 Å². The molecule has 2 nitrogen and oxygen atoms in total. The molecule has 0 aromatic rings. The van der Waals surface area contributed by atoms with Gasteiger partial charge in [0.1, 0.15) is 0 Å². The summed E-state index contributed by atoms with van der Waals surface area (Å²) >= 11 is 0. The lowest BCUT2D eigenvalue weighted by Gasteiger charge is -2.12. The standard InChI is InChI=1S/C12H25NO/c1-2-3-4-5-6-7-8-11-9-13-10-12(11)14/h11-14H,2-10H2,1H3. The lowest BCUT2D eigenvalue weighted by Crippen LogP contribution is -2.17. The Morgan fingerprint density at radius 2 is 1.79 bits per heavy atom. The van der Waals surface area contributed by atoms with Gasteiger partial charge in [0, 0.05) is 13.1 Å². The van der Waals surface area contributed by atoms with Crippen molar-refractivity contribution in [2.24, 2.45) is 5.92 Å². The summed E-state index contributed by atoms with van der Waals surface area (Å²) in [5.74, 6) is 0.529. The predicted molar refractivity (Wildman–Crippen MR) is 60.4 cm³/mol. The van der Waals surface area contributed by atoms with Gasteiger partial charge in [-0.3, -0.25) is 0 Å². The van der Waals surface area contributed by atoms with Crippen molar-refractivity contribution < 1.29 is 5.11 Å². The van der Waals surface area contributed by atoms with Gasteiger partial charge in [0.05, 0.1) is 6.10 Å². The van der Waals surface area contributed by atoms with Crippen molar-refractivity contribution in [3.8, 4) is 0 Å². The molecular weight excluding hydrogens is 174 g/mol. The van der Waals surface area contributed by atoms with E-state index in [-0.39, 0.29) is 6.10 Å². The monoisotopic (exact) mass is 199 g/mol. The van der Waals surface area contributed by atoms with Crippen LogP contribution in [0, 0.1) is 5.92 Å². The summed E-state index contributed by atoms with van der Waals surface area (Å²) in [5, 5.41) is 12.8. The van der Waals surface area contributed by atoms with Gasteiger partial charge in [-0.1, -0.05) is 45.4 Å². The predicted octanol–water partition coefficient (Wildman–Crippen LogP) is 2.32. The van der Waals surface area contributed by atoms with Crippen LogP contribution in [-0.2, 0) is 0 Å². The van der Waals surface area contributed by atoms with Crippen LogP contribution in [0.15, 0.2) is 0 Å². The van der Waals surface area contributed by atoms with Crippen LogP contribution < -0.4 is 5.32 Å². The minimum atomic E-state index is -0.0781. The highest BCUT2D eigenvalue weighted by atomic mass is 16.3. The normalized spacial score (nSPS) is 27.0. The Morgan fingerprint density at radius 3 is 2.43 bits per heavy atom. The Labute approximate surface area is 88.1 Å². The number of β-amino-alcohol motifs (C(OH)–C–C–N with tert-alkyl or cyclic N) is 1. The average Bonchev–Trinajstić information content (AvgIpc) is 2.58. The summed E-state index contributed by atoms with van der Waals surface area (Å²) in [6, 6.07) is 0. The average molecular weight is 199 g/mol. The third-order valence-electron chi connectivity index (χ3n) is 3.23. The van der Waals surface area contributed by atoms with Crippen LogP contribution in [0.25, 0.3) is 0 Å². The molecule has 0 amide bonds. The van der Waals surface area contributed by atoms with Gasteiger partial charge < -0.3 is 10.4 Å². The van der Waals surface area contributed by atoms with Gasteiger partial charge in [0.15, 0.2) is 0 Å². The second-order valence-electron chi connectivity index (χ2n) is 4.54. The lowest BCUT2D eigenvalue weighted by molar-refractivity contribution is 0.141. The van der Waals surface area contributed by atoms with Gasteiger partial charge in [0.25, 0.3) is 0 Å². The summed E-state index contributed by atoms with van der Waals surface area (Å²) in [6.07, 6.45) is 9.26. The topological polar surface area (TPSA) is 32.3 Å². The van der Waals surface area contributed by atoms with Crippen LogP contribution in [0.1, 0.15) is 51.9 Å². The largest absolute Gasteiger partial charge is 0.391 e. The van der Waals surface area contributed by atoms with E-state index < -0.39 is 0 Å². The Morgan fingerprint density at radius 1 is 1.07 bits per heavy atom. The highest BCUT2D eigenvalue weighted by Gasteiger charge is 2.23. The molecule has 1 fully saturated rings. The van der Waals surface area contributed by atoms with Crippen LogP contribution >= 0.6 is 0 Å². The first kappa shape index (κ1) is 12.0. The fourth-order valence-corrected chi connectivity index (χ4v) is 2.20. The van der Waals surface area contributed by atoms with Crippen molar-refractivity contribution in [1.29, 1.82) is 0 Å². The second-order valence-corrected chi connectivity index (χ2v) is 4.54. The smallest absolute Gasteiger partial charge is 0.0704 e. The van der Waals surface area contributed by atoms with E-state index >= 15 is 0 Å². The van der Waals surface area contributed by atoms with E-state index in [0.29, 0.717) is 5.92 Å². The molecule has 0 aromatic carbocycles.